The molecule has 312 valence electrons. The fourth-order valence-electron chi connectivity index (χ4n) is 11.3. The second-order valence-electron chi connectivity index (χ2n) is 18.5. The first-order valence-electron chi connectivity index (χ1n) is 23.1. The van der Waals surface area contributed by atoms with Gasteiger partial charge in [0, 0.05) is 45.0 Å². The van der Waals surface area contributed by atoms with Gasteiger partial charge in [0.1, 0.15) is 0 Å². The molecule has 11 rings (SSSR count). The van der Waals surface area contributed by atoms with Crippen molar-refractivity contribution < 1.29 is 0 Å². The summed E-state index contributed by atoms with van der Waals surface area (Å²) in [6.07, 6.45) is 4.84. The SMILES string of the molecule is CC1CCCCC1(c1ccc(N(c2ccccc2)c2ccccc2)cc1)c1ccc(N(c2ccc3c(c2)C(C)(C)c2cccc(-c4ccccc4)c2-3)c2ccc3ccccc3c2)cc1. The topological polar surface area (TPSA) is 6.48 Å². The summed E-state index contributed by atoms with van der Waals surface area (Å²) in [6, 6.07) is 81.1. The van der Waals surface area contributed by atoms with Crippen LogP contribution in [0, 0.1) is 5.92 Å². The number of hydrogen-bond acceptors (Lipinski definition) is 2. The Labute approximate surface area is 379 Å². The molecule has 1 saturated carbocycles. The Hall–Kier alpha value is -7.16. The van der Waals surface area contributed by atoms with Gasteiger partial charge >= 0.3 is 0 Å². The molecule has 0 radical (unpaired) electrons. The Bertz CT molecular complexity index is 3040. The highest BCUT2D eigenvalue weighted by molar-refractivity contribution is 5.95. The second-order valence-corrected chi connectivity index (χ2v) is 18.5. The molecule has 0 N–H and O–H groups in total. The van der Waals surface area contributed by atoms with E-state index in [0.717, 1.165) is 34.9 Å². The summed E-state index contributed by atoms with van der Waals surface area (Å²) in [5, 5.41) is 2.48. The van der Waals surface area contributed by atoms with E-state index in [1.807, 2.05) is 0 Å². The van der Waals surface area contributed by atoms with Gasteiger partial charge < -0.3 is 9.80 Å². The highest BCUT2D eigenvalue weighted by atomic mass is 15.1. The lowest BCUT2D eigenvalue weighted by atomic mass is 9.60. The molecule has 2 aliphatic rings. The van der Waals surface area contributed by atoms with Gasteiger partial charge in [-0.05, 0) is 147 Å². The molecule has 2 unspecified atom stereocenters. The standard InChI is InChI=1S/C62H54N2/c1-44-18-15-16-41-62(44,48-30-35-52(36-31-48)63(50-23-9-5-10-24-50)51-25-11-6-12-26-51)49-32-37-53(38-33-49)64(54-34-29-45-19-13-14-22-47(45)42-54)55-39-40-57-59(43-55)61(2,3)58-28-17-27-56(60(57)58)46-20-7-4-8-21-46/h4-14,17,19-40,42-44H,15-16,18,41H2,1-3H3. The lowest BCUT2D eigenvalue weighted by Crippen LogP contribution is -2.37. The van der Waals surface area contributed by atoms with Crippen molar-refractivity contribution in [3.63, 3.8) is 0 Å². The van der Waals surface area contributed by atoms with Crippen molar-refractivity contribution in [1.82, 2.24) is 0 Å². The van der Waals surface area contributed by atoms with Gasteiger partial charge in [-0.25, -0.2) is 0 Å². The van der Waals surface area contributed by atoms with E-state index in [-0.39, 0.29) is 10.8 Å². The van der Waals surface area contributed by atoms with E-state index in [1.165, 1.54) is 80.2 Å². The zero-order valence-electron chi connectivity index (χ0n) is 37.1. The van der Waals surface area contributed by atoms with Gasteiger partial charge in [0.2, 0.25) is 0 Å². The van der Waals surface area contributed by atoms with Gasteiger partial charge in [0.15, 0.2) is 0 Å². The van der Waals surface area contributed by atoms with E-state index >= 15 is 0 Å². The number of nitrogens with zero attached hydrogens (tertiary/aromatic N) is 2. The molecule has 64 heavy (non-hydrogen) atoms. The van der Waals surface area contributed by atoms with Gasteiger partial charge in [-0.2, -0.15) is 0 Å². The molecular formula is C62H54N2. The zero-order valence-corrected chi connectivity index (χ0v) is 37.1. The molecule has 0 saturated heterocycles. The molecule has 0 aromatic heterocycles. The summed E-state index contributed by atoms with van der Waals surface area (Å²) in [7, 11) is 0. The molecule has 9 aromatic rings. The van der Waals surface area contributed by atoms with E-state index in [1.54, 1.807) is 0 Å². The molecule has 9 aromatic carbocycles. The van der Waals surface area contributed by atoms with Crippen LogP contribution in [0.25, 0.3) is 33.0 Å². The summed E-state index contributed by atoms with van der Waals surface area (Å²) in [5.74, 6) is 0.496. The Morgan fingerprint density at radius 1 is 0.406 bits per heavy atom. The molecule has 0 aliphatic heterocycles. The summed E-state index contributed by atoms with van der Waals surface area (Å²) < 4.78 is 0. The van der Waals surface area contributed by atoms with Crippen LogP contribution in [0.2, 0.25) is 0 Å². The number of anilines is 6. The molecule has 1 fully saturated rings. The van der Waals surface area contributed by atoms with Crippen LogP contribution >= 0.6 is 0 Å². The van der Waals surface area contributed by atoms with E-state index in [9.17, 15) is 0 Å². The normalized spacial score (nSPS) is 17.4. The minimum absolute atomic E-state index is 0.0900. The lowest BCUT2D eigenvalue weighted by molar-refractivity contribution is 0.244. The van der Waals surface area contributed by atoms with Crippen molar-refractivity contribution >= 4 is 44.9 Å². The summed E-state index contributed by atoms with van der Waals surface area (Å²) in [5.41, 5.74) is 17.5. The third-order valence-electron chi connectivity index (χ3n) is 14.6. The molecule has 0 spiro atoms. The number of benzene rings is 9. The Morgan fingerprint density at radius 2 is 0.922 bits per heavy atom. The predicted octanol–water partition coefficient (Wildman–Crippen LogP) is 17.2. The fourth-order valence-corrected chi connectivity index (χ4v) is 11.3. The van der Waals surface area contributed by atoms with Gasteiger partial charge in [-0.1, -0.05) is 179 Å². The first-order valence-corrected chi connectivity index (χ1v) is 23.1. The lowest BCUT2D eigenvalue weighted by Gasteiger charge is -2.44. The third-order valence-corrected chi connectivity index (χ3v) is 14.6. The minimum Gasteiger partial charge on any atom is -0.311 e. The molecule has 2 nitrogen and oxygen atoms in total. The number of fused-ring (bicyclic) bond motifs is 4. The van der Waals surface area contributed by atoms with Gasteiger partial charge in [0.25, 0.3) is 0 Å². The van der Waals surface area contributed by atoms with Crippen LogP contribution in [0.3, 0.4) is 0 Å². The Kier molecular flexibility index (Phi) is 10.0. The fraction of sp³-hybridized carbons (Fsp3) is 0.161. The van der Waals surface area contributed by atoms with Crippen LogP contribution in [0.1, 0.15) is 68.7 Å². The Balaban J connectivity index is 1.01. The van der Waals surface area contributed by atoms with Crippen molar-refractivity contribution in [3.8, 4) is 22.3 Å². The highest BCUT2D eigenvalue weighted by Gasteiger charge is 2.42. The molecule has 2 aliphatic carbocycles. The van der Waals surface area contributed by atoms with Crippen molar-refractivity contribution in [2.24, 2.45) is 5.92 Å². The number of hydrogen-bond donors (Lipinski definition) is 0. The largest absolute Gasteiger partial charge is 0.311 e. The van der Waals surface area contributed by atoms with Crippen LogP contribution in [-0.2, 0) is 10.8 Å². The first kappa shape index (κ1) is 39.7. The molecule has 2 heteroatoms. The van der Waals surface area contributed by atoms with E-state index < -0.39 is 0 Å². The number of para-hydroxylation sites is 2. The zero-order chi connectivity index (χ0) is 43.3. The van der Waals surface area contributed by atoms with Gasteiger partial charge in [-0.15, -0.1) is 0 Å². The monoisotopic (exact) mass is 826 g/mol. The van der Waals surface area contributed by atoms with Crippen LogP contribution < -0.4 is 9.80 Å². The van der Waals surface area contributed by atoms with Crippen molar-refractivity contribution in [2.75, 3.05) is 9.80 Å². The van der Waals surface area contributed by atoms with Crippen molar-refractivity contribution in [3.05, 3.63) is 241 Å². The average molecular weight is 827 g/mol. The van der Waals surface area contributed by atoms with Gasteiger partial charge in [-0.3, -0.25) is 0 Å². The maximum absolute atomic E-state index is 2.48. The van der Waals surface area contributed by atoms with Crippen LogP contribution in [-0.4, -0.2) is 0 Å². The Morgan fingerprint density at radius 3 is 1.55 bits per heavy atom. The van der Waals surface area contributed by atoms with E-state index in [4.69, 9.17) is 0 Å². The third kappa shape index (κ3) is 6.72. The van der Waals surface area contributed by atoms with Gasteiger partial charge in [0.05, 0.1) is 0 Å². The van der Waals surface area contributed by atoms with Crippen molar-refractivity contribution in [2.45, 2.75) is 57.3 Å². The summed E-state index contributed by atoms with van der Waals surface area (Å²) >= 11 is 0. The smallest absolute Gasteiger partial charge is 0.0468 e. The summed E-state index contributed by atoms with van der Waals surface area (Å²) in [4.78, 5) is 4.83. The van der Waals surface area contributed by atoms with Crippen LogP contribution in [0.4, 0.5) is 34.1 Å². The van der Waals surface area contributed by atoms with E-state index in [0.29, 0.717) is 5.92 Å². The molecule has 0 bridgehead atoms. The van der Waals surface area contributed by atoms with E-state index in [2.05, 4.69) is 249 Å². The molecule has 0 amide bonds. The minimum atomic E-state index is -0.164. The quantitative estimate of drug-likeness (QED) is 0.143. The molecule has 0 heterocycles. The molecule has 2 atom stereocenters. The van der Waals surface area contributed by atoms with Crippen LogP contribution in [0.5, 0.6) is 0 Å². The van der Waals surface area contributed by atoms with Crippen LogP contribution in [0.15, 0.2) is 218 Å². The summed E-state index contributed by atoms with van der Waals surface area (Å²) in [6.45, 7) is 7.27. The first-order chi connectivity index (χ1) is 31.4. The number of rotatable bonds is 9. The maximum atomic E-state index is 2.48. The predicted molar refractivity (Wildman–Crippen MR) is 271 cm³/mol. The maximum Gasteiger partial charge on any atom is 0.0468 e. The average Bonchev–Trinajstić information content (AvgIpc) is 3.58. The van der Waals surface area contributed by atoms with Crippen molar-refractivity contribution in [1.29, 1.82) is 0 Å². The second kappa shape index (κ2) is 16.2. The molecular weight excluding hydrogens is 773 g/mol. The highest BCUT2D eigenvalue weighted by Crippen LogP contribution is 2.54.